The minimum Gasteiger partial charge on any atom is -0.146 e. The quantitative estimate of drug-likeness (QED) is 0.694. The Bertz CT molecular complexity index is 499. The van der Waals surface area contributed by atoms with Gasteiger partial charge in [0, 0.05) is 9.79 Å². The molecule has 0 aliphatic carbocycles. The highest BCUT2D eigenvalue weighted by Crippen LogP contribution is 2.66. The van der Waals surface area contributed by atoms with Gasteiger partial charge in [-0.05, 0) is 35.1 Å². The van der Waals surface area contributed by atoms with Gasteiger partial charge in [-0.2, -0.15) is 0 Å². The van der Waals surface area contributed by atoms with E-state index in [4.69, 9.17) is 0 Å². The van der Waals surface area contributed by atoms with Crippen LogP contribution < -0.4 is 0 Å². The zero-order valence-corrected chi connectivity index (χ0v) is 10.3. The van der Waals surface area contributed by atoms with Gasteiger partial charge in [0.1, 0.15) is 0 Å². The Morgan fingerprint density at radius 3 is 1.35 bits per heavy atom. The normalized spacial score (nSPS) is 18.1. The largest absolute Gasteiger partial charge is 0.146 e. The number of hydrogen-bond acceptors (Lipinski definition) is 0. The summed E-state index contributed by atoms with van der Waals surface area (Å²) >= 11 is 0. The lowest BCUT2D eigenvalue weighted by atomic mass is 10.4. The Kier molecular flexibility index (Phi) is 2.62. The van der Waals surface area contributed by atoms with E-state index in [-0.39, 0.29) is 0 Å². The molecule has 84 valence electrons. The topological polar surface area (TPSA) is 0 Å². The molecule has 0 bridgehead atoms. The van der Waals surface area contributed by atoms with Crippen molar-refractivity contribution in [1.82, 2.24) is 0 Å². The number of hydrogen-bond donors (Lipinski definition) is 0. The summed E-state index contributed by atoms with van der Waals surface area (Å²) in [6.45, 7) is 0. The first-order valence-corrected chi connectivity index (χ1v) is 7.46. The van der Waals surface area contributed by atoms with E-state index in [0.29, 0.717) is 0 Å². The second-order valence-electron chi connectivity index (χ2n) is 3.99. The fourth-order valence-corrected chi connectivity index (χ4v) is 5.01. The lowest BCUT2D eigenvalue weighted by Gasteiger charge is -2.32. The van der Waals surface area contributed by atoms with Crippen LogP contribution in [-0.4, -0.2) is 0 Å². The van der Waals surface area contributed by atoms with Crippen molar-refractivity contribution < 1.29 is 0 Å². The molecule has 1 heteroatoms. The molecule has 0 spiro atoms. The van der Waals surface area contributed by atoms with Crippen LogP contribution >= 0.6 is 10.0 Å². The molecule has 0 nitrogen and oxygen atoms in total. The number of benzene rings is 2. The van der Waals surface area contributed by atoms with Gasteiger partial charge in [-0.25, -0.2) is 0 Å². The van der Waals surface area contributed by atoms with Gasteiger partial charge in [0.05, 0.1) is 0 Å². The average molecular weight is 238 g/mol. The minimum absolute atomic E-state index is 1.08. The van der Waals surface area contributed by atoms with Crippen LogP contribution in [0.15, 0.2) is 93.4 Å². The molecule has 1 aliphatic rings. The van der Waals surface area contributed by atoms with Crippen molar-refractivity contribution in [2.24, 2.45) is 0 Å². The number of allylic oxidation sites excluding steroid dienone is 2. The number of rotatable bonds is 2. The molecule has 0 atom stereocenters. The molecule has 1 aliphatic heterocycles. The monoisotopic (exact) mass is 238 g/mol. The van der Waals surface area contributed by atoms with E-state index >= 15 is 0 Å². The predicted molar refractivity (Wildman–Crippen MR) is 75.3 cm³/mol. The highest BCUT2D eigenvalue weighted by molar-refractivity contribution is 8.38. The third-order valence-electron chi connectivity index (χ3n) is 2.96. The molecular weight excluding hydrogens is 224 g/mol. The maximum absolute atomic E-state index is 2.34. The Morgan fingerprint density at radius 2 is 0.941 bits per heavy atom. The standard InChI is InChI=1S/C16H14S/c1-3-9-15(10-4-1)17(13-7-8-14-17)16-11-5-2-6-12-16/h1-14H. The highest BCUT2D eigenvalue weighted by Gasteiger charge is 2.24. The summed E-state index contributed by atoms with van der Waals surface area (Å²) in [4.78, 5) is 2.80. The second-order valence-corrected chi connectivity index (χ2v) is 6.90. The Balaban J connectivity index is 2.19. The molecule has 17 heavy (non-hydrogen) atoms. The second kappa shape index (κ2) is 4.27. The van der Waals surface area contributed by atoms with Crippen molar-refractivity contribution in [3.8, 4) is 0 Å². The van der Waals surface area contributed by atoms with E-state index in [1.165, 1.54) is 9.79 Å². The molecule has 0 amide bonds. The first-order valence-electron chi connectivity index (χ1n) is 5.70. The van der Waals surface area contributed by atoms with E-state index in [1.54, 1.807) is 0 Å². The first kappa shape index (κ1) is 10.4. The van der Waals surface area contributed by atoms with Crippen LogP contribution in [0.25, 0.3) is 0 Å². The van der Waals surface area contributed by atoms with Gasteiger partial charge in [0.15, 0.2) is 0 Å². The van der Waals surface area contributed by atoms with Crippen molar-refractivity contribution in [1.29, 1.82) is 0 Å². The lowest BCUT2D eigenvalue weighted by Crippen LogP contribution is -1.93. The highest BCUT2D eigenvalue weighted by atomic mass is 32.3. The van der Waals surface area contributed by atoms with Gasteiger partial charge >= 0.3 is 0 Å². The van der Waals surface area contributed by atoms with Crippen molar-refractivity contribution >= 4 is 10.0 Å². The van der Waals surface area contributed by atoms with Crippen molar-refractivity contribution in [2.75, 3.05) is 0 Å². The summed E-state index contributed by atoms with van der Waals surface area (Å²) in [6, 6.07) is 21.5. The third-order valence-corrected chi connectivity index (χ3v) is 6.24. The molecule has 0 saturated carbocycles. The zero-order valence-electron chi connectivity index (χ0n) is 9.49. The van der Waals surface area contributed by atoms with Crippen LogP contribution in [0.1, 0.15) is 0 Å². The summed E-state index contributed by atoms with van der Waals surface area (Å²) in [5, 5.41) is 4.69. The van der Waals surface area contributed by atoms with Gasteiger partial charge in [0.25, 0.3) is 0 Å². The van der Waals surface area contributed by atoms with E-state index in [1.807, 2.05) is 0 Å². The van der Waals surface area contributed by atoms with Gasteiger partial charge in [0.2, 0.25) is 0 Å². The van der Waals surface area contributed by atoms with Gasteiger partial charge in [-0.1, -0.05) is 48.6 Å². The molecule has 0 saturated heterocycles. The summed E-state index contributed by atoms with van der Waals surface area (Å²) in [5.74, 6) is 0. The summed E-state index contributed by atoms with van der Waals surface area (Å²) in [5.41, 5.74) is 0. The van der Waals surface area contributed by atoms with Crippen LogP contribution in [0.3, 0.4) is 0 Å². The Morgan fingerprint density at radius 1 is 0.529 bits per heavy atom. The molecular formula is C16H14S. The summed E-state index contributed by atoms with van der Waals surface area (Å²) in [6.07, 6.45) is 4.32. The SMILES string of the molecule is C1=CS(c2ccccc2)(c2ccccc2)C=C1. The van der Waals surface area contributed by atoms with Crippen LogP contribution in [0.4, 0.5) is 0 Å². The van der Waals surface area contributed by atoms with Gasteiger partial charge in [-0.15, -0.1) is 10.0 Å². The van der Waals surface area contributed by atoms with Crippen LogP contribution in [0.2, 0.25) is 0 Å². The molecule has 2 aromatic rings. The van der Waals surface area contributed by atoms with Crippen LogP contribution in [0.5, 0.6) is 0 Å². The van der Waals surface area contributed by atoms with E-state index in [9.17, 15) is 0 Å². The maximum atomic E-state index is 2.34. The molecule has 0 fully saturated rings. The van der Waals surface area contributed by atoms with E-state index in [2.05, 4.69) is 83.6 Å². The van der Waals surface area contributed by atoms with E-state index in [0.717, 1.165) is 0 Å². The third kappa shape index (κ3) is 1.73. The molecule has 0 unspecified atom stereocenters. The Labute approximate surface area is 104 Å². The molecule has 2 aromatic carbocycles. The van der Waals surface area contributed by atoms with Crippen molar-refractivity contribution in [3.05, 3.63) is 83.6 Å². The average Bonchev–Trinajstić information content (AvgIpc) is 2.91. The van der Waals surface area contributed by atoms with E-state index < -0.39 is 10.0 Å². The van der Waals surface area contributed by atoms with Crippen molar-refractivity contribution in [2.45, 2.75) is 9.79 Å². The fraction of sp³-hybridized carbons (Fsp3) is 0. The molecule has 0 N–H and O–H groups in total. The summed E-state index contributed by atoms with van der Waals surface area (Å²) < 4.78 is 0. The van der Waals surface area contributed by atoms with Gasteiger partial charge in [-0.3, -0.25) is 0 Å². The zero-order chi connectivity index (χ0) is 11.6. The molecule has 0 radical (unpaired) electrons. The van der Waals surface area contributed by atoms with Gasteiger partial charge < -0.3 is 0 Å². The molecule has 3 rings (SSSR count). The van der Waals surface area contributed by atoms with Crippen LogP contribution in [0, 0.1) is 0 Å². The fourth-order valence-electron chi connectivity index (χ4n) is 2.13. The summed E-state index contributed by atoms with van der Waals surface area (Å²) in [7, 11) is -1.08. The first-order chi connectivity index (χ1) is 8.42. The molecule has 0 aromatic heterocycles. The molecule has 1 heterocycles. The van der Waals surface area contributed by atoms with Crippen molar-refractivity contribution in [3.63, 3.8) is 0 Å². The predicted octanol–water partition coefficient (Wildman–Crippen LogP) is 4.95. The minimum atomic E-state index is -1.08. The Hall–Kier alpha value is -1.73. The smallest absolute Gasteiger partial charge is 0.00120 e. The van der Waals surface area contributed by atoms with Crippen LogP contribution in [-0.2, 0) is 0 Å². The maximum Gasteiger partial charge on any atom is 0.00120 e. The lowest BCUT2D eigenvalue weighted by molar-refractivity contribution is 1.38.